The predicted octanol–water partition coefficient (Wildman–Crippen LogP) is 3.07. The first kappa shape index (κ1) is 16.4. The van der Waals surface area contributed by atoms with Crippen LogP contribution in [0.5, 0.6) is 5.75 Å². The van der Waals surface area contributed by atoms with Gasteiger partial charge in [0.25, 0.3) is 0 Å². The van der Waals surface area contributed by atoms with Crippen molar-refractivity contribution in [2.45, 2.75) is 37.7 Å². The second-order valence-corrected chi connectivity index (χ2v) is 5.72. The second-order valence-electron chi connectivity index (χ2n) is 5.72. The Hall–Kier alpha value is -2.01. The van der Waals surface area contributed by atoms with Crippen LogP contribution in [0.3, 0.4) is 0 Å². The predicted molar refractivity (Wildman–Crippen MR) is 87.2 cm³/mol. The molecule has 1 aliphatic carbocycles. The highest BCUT2D eigenvalue weighted by molar-refractivity contribution is 5.89. The Labute approximate surface area is 131 Å². The molecule has 0 heterocycles. The SMILES string of the molecule is C=CCOc1cccc(NC(=O)NCC2(O)CCCCC2)c1. The van der Waals surface area contributed by atoms with Crippen LogP contribution in [0.2, 0.25) is 0 Å². The zero-order valence-electron chi connectivity index (χ0n) is 12.8. The number of urea groups is 1. The van der Waals surface area contributed by atoms with Crippen molar-refractivity contribution in [1.82, 2.24) is 5.32 Å². The van der Waals surface area contributed by atoms with Crippen LogP contribution in [-0.4, -0.2) is 29.9 Å². The Morgan fingerprint density at radius 3 is 2.86 bits per heavy atom. The third kappa shape index (κ3) is 5.07. The fourth-order valence-corrected chi connectivity index (χ4v) is 2.63. The van der Waals surface area contributed by atoms with Crippen LogP contribution in [-0.2, 0) is 0 Å². The van der Waals surface area contributed by atoms with E-state index in [1.165, 1.54) is 0 Å². The van der Waals surface area contributed by atoms with Gasteiger partial charge >= 0.3 is 6.03 Å². The molecule has 0 atom stereocenters. The summed E-state index contributed by atoms with van der Waals surface area (Å²) in [5.41, 5.74) is -0.112. The van der Waals surface area contributed by atoms with Crippen molar-refractivity contribution in [2.75, 3.05) is 18.5 Å². The van der Waals surface area contributed by atoms with Gasteiger partial charge in [0.05, 0.1) is 5.60 Å². The lowest BCUT2D eigenvalue weighted by Crippen LogP contribution is -2.45. The number of anilines is 1. The van der Waals surface area contributed by atoms with E-state index in [2.05, 4.69) is 17.2 Å². The van der Waals surface area contributed by atoms with Crippen molar-refractivity contribution >= 4 is 11.7 Å². The molecule has 0 aromatic heterocycles. The fraction of sp³-hybridized carbons (Fsp3) is 0.471. The molecule has 2 rings (SSSR count). The minimum Gasteiger partial charge on any atom is -0.489 e. The van der Waals surface area contributed by atoms with Crippen molar-refractivity contribution in [3.63, 3.8) is 0 Å². The highest BCUT2D eigenvalue weighted by atomic mass is 16.5. The lowest BCUT2D eigenvalue weighted by atomic mass is 9.85. The second kappa shape index (κ2) is 7.84. The van der Waals surface area contributed by atoms with Gasteiger partial charge in [0.15, 0.2) is 0 Å². The molecule has 22 heavy (non-hydrogen) atoms. The van der Waals surface area contributed by atoms with E-state index >= 15 is 0 Å². The highest BCUT2D eigenvalue weighted by Gasteiger charge is 2.29. The molecule has 1 aromatic carbocycles. The summed E-state index contributed by atoms with van der Waals surface area (Å²) >= 11 is 0. The Kier molecular flexibility index (Phi) is 5.83. The van der Waals surface area contributed by atoms with Crippen LogP contribution in [0, 0.1) is 0 Å². The van der Waals surface area contributed by atoms with E-state index in [9.17, 15) is 9.90 Å². The molecule has 0 saturated heterocycles. The average Bonchev–Trinajstić information content (AvgIpc) is 2.52. The number of hydrogen-bond acceptors (Lipinski definition) is 3. The Morgan fingerprint density at radius 1 is 1.36 bits per heavy atom. The molecule has 1 fully saturated rings. The third-order valence-corrected chi connectivity index (χ3v) is 3.82. The number of carbonyl (C=O) groups is 1. The summed E-state index contributed by atoms with van der Waals surface area (Å²) < 4.78 is 5.42. The van der Waals surface area contributed by atoms with Crippen molar-refractivity contribution in [1.29, 1.82) is 0 Å². The maximum Gasteiger partial charge on any atom is 0.319 e. The molecule has 120 valence electrons. The monoisotopic (exact) mass is 304 g/mol. The summed E-state index contributed by atoms with van der Waals surface area (Å²) in [6, 6.07) is 6.84. The van der Waals surface area contributed by atoms with Crippen LogP contribution in [0.4, 0.5) is 10.5 Å². The van der Waals surface area contributed by atoms with Crippen LogP contribution in [0.25, 0.3) is 0 Å². The average molecular weight is 304 g/mol. The molecule has 0 radical (unpaired) electrons. The molecule has 3 N–H and O–H groups in total. The highest BCUT2D eigenvalue weighted by Crippen LogP contribution is 2.27. The van der Waals surface area contributed by atoms with Gasteiger partial charge in [0, 0.05) is 18.3 Å². The van der Waals surface area contributed by atoms with Crippen LogP contribution < -0.4 is 15.4 Å². The van der Waals surface area contributed by atoms with Crippen molar-refractivity contribution in [2.24, 2.45) is 0 Å². The van der Waals surface area contributed by atoms with Crippen LogP contribution in [0.1, 0.15) is 32.1 Å². The summed E-state index contributed by atoms with van der Waals surface area (Å²) in [6.45, 7) is 4.30. The van der Waals surface area contributed by atoms with E-state index in [0.29, 0.717) is 18.0 Å². The van der Waals surface area contributed by atoms with E-state index in [1.54, 1.807) is 18.2 Å². The van der Waals surface area contributed by atoms with Gasteiger partial charge in [0.2, 0.25) is 0 Å². The Bertz CT molecular complexity index is 510. The smallest absolute Gasteiger partial charge is 0.319 e. The van der Waals surface area contributed by atoms with Gasteiger partial charge in [0.1, 0.15) is 12.4 Å². The lowest BCUT2D eigenvalue weighted by Gasteiger charge is -2.32. The zero-order valence-corrected chi connectivity index (χ0v) is 12.8. The van der Waals surface area contributed by atoms with Gasteiger partial charge < -0.3 is 20.5 Å². The Morgan fingerprint density at radius 2 is 2.14 bits per heavy atom. The zero-order chi connectivity index (χ0) is 15.8. The van der Waals surface area contributed by atoms with Crippen molar-refractivity contribution in [3.8, 4) is 5.75 Å². The molecule has 5 nitrogen and oxygen atoms in total. The molecular formula is C17H24N2O3. The molecular weight excluding hydrogens is 280 g/mol. The summed E-state index contributed by atoms with van der Waals surface area (Å²) in [6.07, 6.45) is 6.35. The third-order valence-electron chi connectivity index (χ3n) is 3.82. The van der Waals surface area contributed by atoms with Gasteiger partial charge in [-0.3, -0.25) is 0 Å². The number of nitrogens with one attached hydrogen (secondary N) is 2. The number of carbonyl (C=O) groups excluding carboxylic acids is 1. The number of hydrogen-bond donors (Lipinski definition) is 3. The van der Waals surface area contributed by atoms with E-state index in [1.807, 2.05) is 12.1 Å². The number of benzene rings is 1. The van der Waals surface area contributed by atoms with Gasteiger partial charge in [-0.05, 0) is 25.0 Å². The normalized spacial score (nSPS) is 16.6. The van der Waals surface area contributed by atoms with Gasteiger partial charge in [-0.25, -0.2) is 4.79 Å². The largest absolute Gasteiger partial charge is 0.489 e. The molecule has 0 bridgehead atoms. The molecule has 0 spiro atoms. The Balaban J connectivity index is 1.82. The van der Waals surface area contributed by atoms with Gasteiger partial charge in [-0.2, -0.15) is 0 Å². The number of aliphatic hydroxyl groups is 1. The minimum atomic E-state index is -0.759. The summed E-state index contributed by atoms with van der Waals surface area (Å²) in [5, 5.41) is 15.9. The van der Waals surface area contributed by atoms with E-state index < -0.39 is 5.60 Å². The standard InChI is InChI=1S/C17H24N2O3/c1-2-11-22-15-8-6-7-14(12-15)19-16(20)18-13-17(21)9-4-3-5-10-17/h2,6-8,12,21H,1,3-5,9-11,13H2,(H2,18,19,20). The first-order valence-electron chi connectivity index (χ1n) is 7.72. The molecule has 0 unspecified atom stereocenters. The summed E-state index contributed by atoms with van der Waals surface area (Å²) in [4.78, 5) is 11.9. The van der Waals surface area contributed by atoms with E-state index in [4.69, 9.17) is 4.74 Å². The van der Waals surface area contributed by atoms with E-state index in [0.717, 1.165) is 32.1 Å². The summed E-state index contributed by atoms with van der Waals surface area (Å²) in [7, 11) is 0. The molecule has 1 aliphatic rings. The van der Waals surface area contributed by atoms with E-state index in [-0.39, 0.29) is 12.6 Å². The first-order chi connectivity index (χ1) is 10.6. The van der Waals surface area contributed by atoms with Gasteiger partial charge in [-0.1, -0.05) is 38.0 Å². The first-order valence-corrected chi connectivity index (χ1v) is 7.72. The molecule has 1 aromatic rings. The number of rotatable bonds is 6. The summed E-state index contributed by atoms with van der Waals surface area (Å²) in [5.74, 6) is 0.670. The van der Waals surface area contributed by atoms with Gasteiger partial charge in [-0.15, -0.1) is 0 Å². The molecule has 5 heteroatoms. The number of ether oxygens (including phenoxy) is 1. The maximum atomic E-state index is 11.9. The number of amides is 2. The molecule has 2 amide bonds. The van der Waals surface area contributed by atoms with Crippen molar-refractivity contribution < 1.29 is 14.6 Å². The topological polar surface area (TPSA) is 70.6 Å². The minimum absolute atomic E-state index is 0.283. The quantitative estimate of drug-likeness (QED) is 0.707. The lowest BCUT2D eigenvalue weighted by molar-refractivity contribution is 0.00755. The van der Waals surface area contributed by atoms with Crippen LogP contribution >= 0.6 is 0 Å². The molecule has 1 saturated carbocycles. The van der Waals surface area contributed by atoms with Crippen LogP contribution in [0.15, 0.2) is 36.9 Å². The fourth-order valence-electron chi connectivity index (χ4n) is 2.63. The van der Waals surface area contributed by atoms with Crippen molar-refractivity contribution in [3.05, 3.63) is 36.9 Å². The maximum absolute atomic E-state index is 11.9. The molecule has 0 aliphatic heterocycles.